The van der Waals surface area contributed by atoms with Crippen molar-refractivity contribution in [3.63, 3.8) is 0 Å². The van der Waals surface area contributed by atoms with E-state index < -0.39 is 13.6 Å². The van der Waals surface area contributed by atoms with Gasteiger partial charge in [0.05, 0.1) is 0 Å². The molecule has 0 rings (SSSR count). The van der Waals surface area contributed by atoms with Crippen LogP contribution < -0.4 is 0 Å². The first-order chi connectivity index (χ1) is 2.00. The Bertz CT molecular complexity index is 90.7. The van der Waals surface area contributed by atoms with Gasteiger partial charge in [-0.2, -0.15) is 0 Å². The number of hydrogen-bond donors (Lipinski definition) is 2. The molecule has 0 aliphatic carbocycles. The van der Waals surface area contributed by atoms with E-state index in [4.69, 9.17) is 15.9 Å². The predicted molar refractivity (Wildman–Crippen MR) is 5.81 cm³/mol. The standard InChI is InChI=1S/Cr.Hg.2H2O.2O/h;;2*1H2;;/q+2;;;;;/p-2. The summed E-state index contributed by atoms with van der Waals surface area (Å²) in [6.07, 6.45) is 0. The van der Waals surface area contributed by atoms with Gasteiger partial charge in [-0.15, -0.1) is 0 Å². The number of hydrogen-bond acceptors (Lipinski definition) is 2. The molecule has 0 saturated carbocycles. The molecule has 0 amide bonds. The summed E-state index contributed by atoms with van der Waals surface area (Å²) in [4.78, 5) is 0. The second-order valence-electron chi connectivity index (χ2n) is 0.448. The second kappa shape index (κ2) is 3.05. The molecule has 2 N–H and O–H groups in total. The zero-order valence-electron chi connectivity index (χ0n) is 2.83. The molecular formula is H2CrHgO4. The second-order valence-corrected chi connectivity index (χ2v) is 1.85. The van der Waals surface area contributed by atoms with Crippen molar-refractivity contribution in [1.29, 1.82) is 0 Å². The fourth-order valence-corrected chi connectivity index (χ4v) is 0. The maximum atomic E-state index is 8.82. The van der Waals surface area contributed by atoms with Crippen LogP contribution in [0.3, 0.4) is 0 Å². The van der Waals surface area contributed by atoms with Gasteiger partial charge < -0.3 is 0 Å². The van der Waals surface area contributed by atoms with Gasteiger partial charge in [-0.1, -0.05) is 0 Å². The molecule has 0 radical (unpaired) electrons. The fraction of sp³-hybridized carbons (Fsp3) is 0. The minimum absolute atomic E-state index is 0. The average molecular weight is 319 g/mol. The van der Waals surface area contributed by atoms with Gasteiger partial charge in [-0.25, -0.2) is 0 Å². The summed E-state index contributed by atoms with van der Waals surface area (Å²) in [5.41, 5.74) is 0. The van der Waals surface area contributed by atoms with Crippen LogP contribution in [0.5, 0.6) is 0 Å². The van der Waals surface area contributed by atoms with Crippen LogP contribution >= 0.6 is 0 Å². The van der Waals surface area contributed by atoms with Crippen LogP contribution in [0.2, 0.25) is 0 Å². The Balaban J connectivity index is 0. The van der Waals surface area contributed by atoms with Crippen LogP contribution in [0, 0.1) is 0 Å². The van der Waals surface area contributed by atoms with Crippen LogP contribution in [-0.4, -0.2) is 8.32 Å². The molecule has 0 atom stereocenters. The molecule has 0 bridgehead atoms. The van der Waals surface area contributed by atoms with Crippen LogP contribution in [0.15, 0.2) is 0 Å². The summed E-state index contributed by atoms with van der Waals surface area (Å²) in [5.74, 6) is 0. The van der Waals surface area contributed by atoms with Crippen LogP contribution in [-0.2, 0) is 48.9 Å². The van der Waals surface area contributed by atoms with E-state index in [0.717, 1.165) is 0 Å². The summed E-state index contributed by atoms with van der Waals surface area (Å²) >= 11 is -5.25. The van der Waals surface area contributed by atoms with Crippen molar-refractivity contribution >= 4 is 0 Å². The van der Waals surface area contributed by atoms with Crippen molar-refractivity contribution in [2.45, 2.75) is 0 Å². The Hall–Kier alpha value is 0.988. The van der Waals surface area contributed by atoms with Gasteiger partial charge >= 0.3 is 29.5 Å². The molecular weight excluding hydrogens is 317 g/mol. The molecule has 4 nitrogen and oxygen atoms in total. The van der Waals surface area contributed by atoms with Crippen molar-refractivity contribution in [2.75, 3.05) is 0 Å². The van der Waals surface area contributed by atoms with Crippen molar-refractivity contribution < 1.29 is 57.2 Å². The van der Waals surface area contributed by atoms with Crippen molar-refractivity contribution in [3.8, 4) is 0 Å². The van der Waals surface area contributed by atoms with E-state index in [9.17, 15) is 0 Å². The Morgan fingerprint density at radius 2 is 1.17 bits per heavy atom. The monoisotopic (exact) mass is 320 g/mol. The molecule has 0 saturated heterocycles. The van der Waals surface area contributed by atoms with Gasteiger partial charge in [0.2, 0.25) is 0 Å². The Morgan fingerprint density at radius 1 is 1.17 bits per heavy atom. The Kier molecular flexibility index (Phi) is 5.12. The molecule has 0 aromatic rings. The zero-order valence-corrected chi connectivity index (χ0v) is 9.60. The normalized spacial score (nSPS) is 9.67. The Morgan fingerprint density at radius 3 is 1.17 bits per heavy atom. The average Bonchev–Trinajstić information content (AvgIpc) is 0.722. The third kappa shape index (κ3) is 81.3. The summed E-state index contributed by atoms with van der Waals surface area (Å²) in [6, 6.07) is 0. The van der Waals surface area contributed by atoms with Crippen LogP contribution in [0.4, 0.5) is 0 Å². The van der Waals surface area contributed by atoms with Crippen molar-refractivity contribution in [1.82, 2.24) is 0 Å². The third-order valence-electron chi connectivity index (χ3n) is 0. The van der Waals surface area contributed by atoms with E-state index in [2.05, 4.69) is 0 Å². The van der Waals surface area contributed by atoms with Crippen LogP contribution in [0.1, 0.15) is 0 Å². The Labute approximate surface area is 57.1 Å². The third-order valence-corrected chi connectivity index (χ3v) is 0. The van der Waals surface area contributed by atoms with Crippen molar-refractivity contribution in [3.05, 3.63) is 0 Å². The molecule has 6 heavy (non-hydrogen) atoms. The molecule has 0 aromatic carbocycles. The quantitative estimate of drug-likeness (QED) is 0.541. The van der Waals surface area contributed by atoms with Gasteiger partial charge in [0.25, 0.3) is 0 Å². The first-order valence-corrected chi connectivity index (χ1v) is 2.88. The van der Waals surface area contributed by atoms with E-state index in [-0.39, 0.29) is 27.7 Å². The van der Waals surface area contributed by atoms with E-state index in [1.807, 2.05) is 0 Å². The summed E-state index contributed by atoms with van der Waals surface area (Å²) in [5, 5.41) is 0. The van der Waals surface area contributed by atoms with E-state index in [0.29, 0.717) is 0 Å². The van der Waals surface area contributed by atoms with Gasteiger partial charge in [-0.05, 0) is 0 Å². The summed E-state index contributed by atoms with van der Waals surface area (Å²) in [6.45, 7) is 0. The van der Waals surface area contributed by atoms with Gasteiger partial charge in [0.1, 0.15) is 0 Å². The van der Waals surface area contributed by atoms with Gasteiger partial charge in [0, 0.05) is 27.7 Å². The van der Waals surface area contributed by atoms with Gasteiger partial charge in [0.15, 0.2) is 0 Å². The molecule has 34 valence electrons. The van der Waals surface area contributed by atoms with E-state index in [1.165, 1.54) is 0 Å². The molecule has 6 heteroatoms. The van der Waals surface area contributed by atoms with E-state index in [1.54, 1.807) is 0 Å². The zero-order chi connectivity index (χ0) is 4.50. The minimum atomic E-state index is -5.25. The first kappa shape index (κ1) is 10.1. The number of rotatable bonds is 0. The predicted octanol–water partition coefficient (Wildman–Crippen LogP) is -1.36. The topological polar surface area (TPSA) is 74.6 Å². The molecule has 0 unspecified atom stereocenters. The molecule has 0 aliphatic heterocycles. The fourth-order valence-electron chi connectivity index (χ4n) is 0. The van der Waals surface area contributed by atoms with Crippen LogP contribution in [0.25, 0.3) is 0 Å². The van der Waals surface area contributed by atoms with Crippen molar-refractivity contribution in [2.24, 2.45) is 0 Å². The summed E-state index contributed by atoms with van der Waals surface area (Å²) < 4.78 is 31.9. The first-order valence-electron chi connectivity index (χ1n) is 0.698. The molecule has 0 aliphatic rings. The molecule has 0 fully saturated rings. The van der Waals surface area contributed by atoms with E-state index >= 15 is 0 Å². The summed E-state index contributed by atoms with van der Waals surface area (Å²) in [7, 11) is 0. The van der Waals surface area contributed by atoms with Gasteiger partial charge in [-0.3, -0.25) is 0 Å². The molecule has 0 heterocycles. The molecule has 0 aromatic heterocycles. The SMILES string of the molecule is [Hg].[O]=[Cr](=[O])([OH])[OH]. The maximum absolute atomic E-state index is 8.82. The molecule has 0 spiro atoms.